The Kier molecular flexibility index (Phi) is 5.64. The first-order chi connectivity index (χ1) is 12.9. The number of carbonyl (C=O) groups excluding carboxylic acids is 1. The van der Waals surface area contributed by atoms with Crippen molar-refractivity contribution in [3.8, 4) is 12.3 Å². The van der Waals surface area contributed by atoms with Crippen molar-refractivity contribution in [2.24, 2.45) is 5.92 Å². The van der Waals surface area contributed by atoms with Crippen LogP contribution >= 0.6 is 0 Å². The topological polar surface area (TPSA) is 66.5 Å². The summed E-state index contributed by atoms with van der Waals surface area (Å²) in [7, 11) is -3.52. The first-order valence-electron chi connectivity index (χ1n) is 8.88. The van der Waals surface area contributed by atoms with Crippen LogP contribution in [-0.4, -0.2) is 31.7 Å². The summed E-state index contributed by atoms with van der Waals surface area (Å²) in [5.41, 5.74) is 1.65. The molecule has 6 heteroatoms. The van der Waals surface area contributed by atoms with Crippen LogP contribution in [0.15, 0.2) is 53.4 Å². The number of hydrogen-bond acceptors (Lipinski definition) is 3. The molecule has 0 aliphatic carbocycles. The van der Waals surface area contributed by atoms with Crippen LogP contribution in [0.5, 0.6) is 0 Å². The Morgan fingerprint density at radius 3 is 2.44 bits per heavy atom. The van der Waals surface area contributed by atoms with Crippen LogP contribution in [0.2, 0.25) is 0 Å². The lowest BCUT2D eigenvalue weighted by atomic mass is 10.0. The highest BCUT2D eigenvalue weighted by Crippen LogP contribution is 2.23. The van der Waals surface area contributed by atoms with Crippen molar-refractivity contribution in [2.75, 3.05) is 18.4 Å². The molecule has 0 unspecified atom stereocenters. The van der Waals surface area contributed by atoms with Gasteiger partial charge in [0.15, 0.2) is 0 Å². The summed E-state index contributed by atoms with van der Waals surface area (Å²) < 4.78 is 27.0. The summed E-state index contributed by atoms with van der Waals surface area (Å²) >= 11 is 0. The number of nitrogens with zero attached hydrogens (tertiary/aromatic N) is 1. The van der Waals surface area contributed by atoms with Crippen molar-refractivity contribution >= 4 is 21.6 Å². The molecule has 1 N–H and O–H groups in total. The first-order valence-corrected chi connectivity index (χ1v) is 10.3. The lowest BCUT2D eigenvalue weighted by Gasteiger charge is -2.29. The van der Waals surface area contributed by atoms with Crippen molar-refractivity contribution in [2.45, 2.75) is 24.7 Å². The number of sulfonamides is 1. The van der Waals surface area contributed by atoms with Crippen LogP contribution in [0.25, 0.3) is 0 Å². The normalized spacial score (nSPS) is 15.9. The van der Waals surface area contributed by atoms with Gasteiger partial charge in [-0.1, -0.05) is 18.9 Å². The summed E-state index contributed by atoms with van der Waals surface area (Å²) in [5, 5.41) is 2.76. The number of benzene rings is 2. The van der Waals surface area contributed by atoms with E-state index in [0.717, 1.165) is 12.8 Å². The highest BCUT2D eigenvalue weighted by molar-refractivity contribution is 7.89. The zero-order chi connectivity index (χ0) is 19.4. The van der Waals surface area contributed by atoms with Crippen molar-refractivity contribution < 1.29 is 13.2 Å². The third kappa shape index (κ3) is 4.38. The van der Waals surface area contributed by atoms with Gasteiger partial charge >= 0.3 is 0 Å². The van der Waals surface area contributed by atoms with Gasteiger partial charge in [-0.05, 0) is 61.2 Å². The van der Waals surface area contributed by atoms with E-state index in [1.165, 1.54) is 28.6 Å². The Bertz CT molecular complexity index is 967. The predicted octanol–water partition coefficient (Wildman–Crippen LogP) is 3.34. The van der Waals surface area contributed by atoms with Crippen molar-refractivity contribution in [3.05, 3.63) is 59.7 Å². The van der Waals surface area contributed by atoms with Crippen molar-refractivity contribution in [1.29, 1.82) is 0 Å². The third-order valence-corrected chi connectivity index (χ3v) is 6.70. The van der Waals surface area contributed by atoms with Crippen molar-refractivity contribution in [1.82, 2.24) is 4.31 Å². The van der Waals surface area contributed by atoms with E-state index < -0.39 is 10.0 Å². The molecule has 2 aromatic carbocycles. The summed E-state index contributed by atoms with van der Waals surface area (Å²) in [6.45, 7) is 3.21. The number of rotatable bonds is 4. The predicted molar refractivity (Wildman–Crippen MR) is 106 cm³/mol. The minimum absolute atomic E-state index is 0.211. The second-order valence-corrected chi connectivity index (χ2v) is 8.73. The molecule has 140 valence electrons. The fourth-order valence-electron chi connectivity index (χ4n) is 3.04. The molecule has 1 aliphatic heterocycles. The number of amides is 1. The largest absolute Gasteiger partial charge is 0.322 e. The van der Waals surface area contributed by atoms with E-state index in [2.05, 4.69) is 18.2 Å². The molecule has 1 aliphatic rings. The molecular weight excluding hydrogens is 360 g/mol. The zero-order valence-corrected chi connectivity index (χ0v) is 16.0. The monoisotopic (exact) mass is 382 g/mol. The van der Waals surface area contributed by atoms with Gasteiger partial charge in [-0.3, -0.25) is 4.79 Å². The van der Waals surface area contributed by atoms with Gasteiger partial charge in [0.1, 0.15) is 0 Å². The van der Waals surface area contributed by atoms with Gasteiger partial charge < -0.3 is 5.32 Å². The van der Waals surface area contributed by atoms with E-state index >= 15 is 0 Å². The SMILES string of the molecule is C#Cc1cccc(NC(=O)c2ccc(S(=O)(=O)N3CCC(C)CC3)cc2)c1. The molecule has 0 aromatic heterocycles. The van der Waals surface area contributed by atoms with E-state index in [1.54, 1.807) is 24.3 Å². The van der Waals surface area contributed by atoms with Gasteiger partial charge in [-0.2, -0.15) is 4.31 Å². The van der Waals surface area contributed by atoms with Crippen LogP contribution < -0.4 is 5.32 Å². The molecular formula is C21H22N2O3S. The molecule has 2 aromatic rings. The van der Waals surface area contributed by atoms with Crippen molar-refractivity contribution in [3.63, 3.8) is 0 Å². The van der Waals surface area contributed by atoms with Crippen LogP contribution in [0, 0.1) is 18.3 Å². The van der Waals surface area contributed by atoms with E-state index in [1.807, 2.05) is 0 Å². The van der Waals surface area contributed by atoms with E-state index in [9.17, 15) is 13.2 Å². The Labute approximate surface area is 160 Å². The minimum atomic E-state index is -3.52. The second kappa shape index (κ2) is 7.95. The maximum atomic E-state index is 12.7. The van der Waals surface area contributed by atoms with Crippen LogP contribution in [-0.2, 0) is 10.0 Å². The van der Waals surface area contributed by atoms with Gasteiger partial charge in [0.2, 0.25) is 10.0 Å². The Morgan fingerprint density at radius 2 is 1.81 bits per heavy atom. The fourth-order valence-corrected chi connectivity index (χ4v) is 4.51. The summed E-state index contributed by atoms with van der Waals surface area (Å²) in [6.07, 6.45) is 7.11. The molecule has 27 heavy (non-hydrogen) atoms. The second-order valence-electron chi connectivity index (χ2n) is 6.79. The van der Waals surface area contributed by atoms with Crippen LogP contribution in [0.1, 0.15) is 35.7 Å². The highest BCUT2D eigenvalue weighted by atomic mass is 32.2. The lowest BCUT2D eigenvalue weighted by molar-refractivity contribution is 0.102. The molecule has 0 bridgehead atoms. The molecule has 1 amide bonds. The molecule has 1 heterocycles. The number of hydrogen-bond donors (Lipinski definition) is 1. The molecule has 0 radical (unpaired) electrons. The molecule has 1 fully saturated rings. The quantitative estimate of drug-likeness (QED) is 0.825. The lowest BCUT2D eigenvalue weighted by Crippen LogP contribution is -2.37. The average molecular weight is 382 g/mol. The maximum absolute atomic E-state index is 12.7. The highest BCUT2D eigenvalue weighted by Gasteiger charge is 2.28. The Hall–Kier alpha value is -2.62. The molecule has 0 saturated carbocycles. The Balaban J connectivity index is 1.72. The van der Waals surface area contributed by atoms with E-state index in [0.29, 0.717) is 35.8 Å². The summed E-state index contributed by atoms with van der Waals surface area (Å²) in [6, 6.07) is 13.0. The molecule has 3 rings (SSSR count). The maximum Gasteiger partial charge on any atom is 0.255 e. The number of anilines is 1. The number of carbonyl (C=O) groups is 1. The summed E-state index contributed by atoms with van der Waals surface area (Å²) in [4.78, 5) is 12.6. The van der Waals surface area contributed by atoms with Gasteiger partial charge in [-0.15, -0.1) is 6.42 Å². The summed E-state index contributed by atoms with van der Waals surface area (Å²) in [5.74, 6) is 2.75. The molecule has 1 saturated heterocycles. The number of nitrogens with one attached hydrogen (secondary N) is 1. The van der Waals surface area contributed by atoms with E-state index in [4.69, 9.17) is 6.42 Å². The van der Waals surface area contributed by atoms with Gasteiger partial charge in [0.25, 0.3) is 5.91 Å². The first kappa shape index (κ1) is 19.2. The number of piperidine rings is 1. The number of terminal acetylenes is 1. The smallest absolute Gasteiger partial charge is 0.255 e. The van der Waals surface area contributed by atoms with Crippen LogP contribution in [0.3, 0.4) is 0 Å². The Morgan fingerprint density at radius 1 is 1.15 bits per heavy atom. The zero-order valence-electron chi connectivity index (χ0n) is 15.2. The van der Waals surface area contributed by atoms with Gasteiger partial charge in [0, 0.05) is 29.9 Å². The van der Waals surface area contributed by atoms with Crippen LogP contribution in [0.4, 0.5) is 5.69 Å². The molecule has 5 nitrogen and oxygen atoms in total. The standard InChI is InChI=1S/C21H22N2O3S/c1-3-17-5-4-6-19(15-17)22-21(24)18-7-9-20(10-8-18)27(25,26)23-13-11-16(2)12-14-23/h1,4-10,15-16H,11-14H2,2H3,(H,22,24). The van der Waals surface area contributed by atoms with Gasteiger partial charge in [-0.25, -0.2) is 8.42 Å². The average Bonchev–Trinajstić information content (AvgIpc) is 2.68. The molecule has 0 spiro atoms. The van der Waals surface area contributed by atoms with Gasteiger partial charge in [0.05, 0.1) is 4.90 Å². The third-order valence-electron chi connectivity index (χ3n) is 4.78. The van der Waals surface area contributed by atoms with E-state index in [-0.39, 0.29) is 10.8 Å². The molecule has 0 atom stereocenters. The fraction of sp³-hybridized carbons (Fsp3) is 0.286. The minimum Gasteiger partial charge on any atom is -0.322 e.